The molecule has 0 N–H and O–H groups in total. The highest BCUT2D eigenvalue weighted by Gasteiger charge is 2.18. The molecule has 1 aromatic heterocycles. The Labute approximate surface area is 135 Å². The number of rotatable bonds is 4. The first-order valence-electron chi connectivity index (χ1n) is 7.91. The van der Waals surface area contributed by atoms with E-state index in [9.17, 15) is 8.78 Å². The van der Waals surface area contributed by atoms with Crippen LogP contribution in [-0.4, -0.2) is 41.0 Å². The van der Waals surface area contributed by atoms with E-state index >= 15 is 0 Å². The van der Waals surface area contributed by atoms with Crippen LogP contribution in [0.2, 0.25) is 0 Å². The normalized spacial score (nSPS) is 16.7. The molecule has 1 aromatic carbocycles. The van der Waals surface area contributed by atoms with Gasteiger partial charge in [0, 0.05) is 45.5 Å². The van der Waals surface area contributed by atoms with Crippen LogP contribution < -0.4 is 0 Å². The summed E-state index contributed by atoms with van der Waals surface area (Å²) < 4.78 is 26.2. The molecule has 5 heteroatoms. The molecule has 0 amide bonds. The van der Waals surface area contributed by atoms with Crippen molar-refractivity contribution >= 4 is 0 Å². The Morgan fingerprint density at radius 3 is 2.30 bits per heavy atom. The molecule has 1 aliphatic rings. The van der Waals surface area contributed by atoms with Crippen molar-refractivity contribution in [1.82, 2.24) is 14.8 Å². The lowest BCUT2D eigenvalue weighted by molar-refractivity contribution is 0.120. The molecule has 1 aliphatic heterocycles. The van der Waals surface area contributed by atoms with E-state index in [1.165, 1.54) is 17.7 Å². The Hall–Kier alpha value is -1.85. The third-order valence-corrected chi connectivity index (χ3v) is 4.35. The number of hydrogen-bond donors (Lipinski definition) is 0. The molecular formula is C18H21F2N3. The van der Waals surface area contributed by atoms with Gasteiger partial charge in [-0.25, -0.2) is 8.78 Å². The first-order valence-corrected chi connectivity index (χ1v) is 7.91. The summed E-state index contributed by atoms with van der Waals surface area (Å²) >= 11 is 0. The average Bonchev–Trinajstić information content (AvgIpc) is 2.55. The minimum absolute atomic E-state index is 0.660. The van der Waals surface area contributed by atoms with Crippen LogP contribution in [0.15, 0.2) is 36.5 Å². The summed E-state index contributed by atoms with van der Waals surface area (Å²) in [6.45, 7) is 7.37. The Balaban J connectivity index is 1.52. The molecule has 3 rings (SSSR count). The van der Waals surface area contributed by atoms with E-state index in [-0.39, 0.29) is 0 Å². The molecule has 0 radical (unpaired) electrons. The molecule has 0 atom stereocenters. The summed E-state index contributed by atoms with van der Waals surface area (Å²) in [5.41, 5.74) is 3.16. The second kappa shape index (κ2) is 7.15. The number of halogens is 2. The van der Waals surface area contributed by atoms with Crippen LogP contribution in [0.25, 0.3) is 0 Å². The predicted octanol–water partition coefficient (Wildman–Crippen LogP) is 2.99. The molecular weight excluding hydrogens is 296 g/mol. The number of aryl methyl sites for hydroxylation is 1. The van der Waals surface area contributed by atoms with Gasteiger partial charge in [-0.05, 0) is 36.2 Å². The minimum Gasteiger partial charge on any atom is -0.297 e. The summed E-state index contributed by atoms with van der Waals surface area (Å²) in [5, 5.41) is 0. The second-order valence-corrected chi connectivity index (χ2v) is 6.07. The summed E-state index contributed by atoms with van der Waals surface area (Å²) in [6.07, 6.45) is 1.83. The van der Waals surface area contributed by atoms with Gasteiger partial charge in [0.1, 0.15) is 0 Å². The van der Waals surface area contributed by atoms with E-state index in [4.69, 9.17) is 0 Å². The molecule has 1 saturated heterocycles. The lowest BCUT2D eigenvalue weighted by Crippen LogP contribution is -2.45. The fourth-order valence-electron chi connectivity index (χ4n) is 2.90. The number of nitrogens with zero attached hydrogens (tertiary/aromatic N) is 3. The monoisotopic (exact) mass is 317 g/mol. The number of pyridine rings is 1. The Kier molecular flexibility index (Phi) is 4.98. The lowest BCUT2D eigenvalue weighted by atomic mass is 10.1. The van der Waals surface area contributed by atoms with Crippen molar-refractivity contribution in [2.45, 2.75) is 20.0 Å². The van der Waals surface area contributed by atoms with E-state index in [0.717, 1.165) is 44.0 Å². The van der Waals surface area contributed by atoms with Crippen molar-refractivity contribution in [2.24, 2.45) is 0 Å². The van der Waals surface area contributed by atoms with E-state index in [2.05, 4.69) is 27.8 Å². The molecule has 0 aliphatic carbocycles. The molecule has 0 saturated carbocycles. The van der Waals surface area contributed by atoms with E-state index in [1.54, 1.807) is 6.07 Å². The Morgan fingerprint density at radius 1 is 0.957 bits per heavy atom. The molecule has 1 fully saturated rings. The van der Waals surface area contributed by atoms with Gasteiger partial charge in [0.05, 0.1) is 5.69 Å². The van der Waals surface area contributed by atoms with Crippen LogP contribution in [0.5, 0.6) is 0 Å². The van der Waals surface area contributed by atoms with Crippen molar-refractivity contribution < 1.29 is 8.78 Å². The molecule has 2 aromatic rings. The highest BCUT2D eigenvalue weighted by Crippen LogP contribution is 2.14. The third kappa shape index (κ3) is 4.12. The zero-order valence-corrected chi connectivity index (χ0v) is 13.3. The maximum absolute atomic E-state index is 13.3. The summed E-state index contributed by atoms with van der Waals surface area (Å²) in [5.74, 6) is -1.56. The van der Waals surface area contributed by atoms with Crippen molar-refractivity contribution in [2.75, 3.05) is 26.2 Å². The van der Waals surface area contributed by atoms with Crippen LogP contribution in [-0.2, 0) is 13.1 Å². The smallest absolute Gasteiger partial charge is 0.159 e. The topological polar surface area (TPSA) is 19.4 Å². The van der Waals surface area contributed by atoms with Crippen molar-refractivity contribution in [3.05, 3.63) is 65.0 Å². The number of benzene rings is 1. The summed E-state index contributed by atoms with van der Waals surface area (Å²) in [4.78, 5) is 9.10. The van der Waals surface area contributed by atoms with Crippen LogP contribution >= 0.6 is 0 Å². The largest absolute Gasteiger partial charge is 0.297 e. The van der Waals surface area contributed by atoms with Crippen LogP contribution in [0.1, 0.15) is 16.8 Å². The molecule has 3 nitrogen and oxygen atoms in total. The predicted molar refractivity (Wildman–Crippen MR) is 85.9 cm³/mol. The fourth-order valence-corrected chi connectivity index (χ4v) is 2.90. The van der Waals surface area contributed by atoms with Crippen molar-refractivity contribution in [3.8, 4) is 0 Å². The zero-order chi connectivity index (χ0) is 16.2. The molecule has 2 heterocycles. The highest BCUT2D eigenvalue weighted by atomic mass is 19.2. The SMILES string of the molecule is Cc1cccnc1CN1CCN(Cc2ccc(F)c(F)c2)CC1. The highest BCUT2D eigenvalue weighted by molar-refractivity contribution is 5.18. The molecule has 0 unspecified atom stereocenters. The number of hydrogen-bond acceptors (Lipinski definition) is 3. The summed E-state index contributed by atoms with van der Waals surface area (Å²) in [7, 11) is 0. The van der Waals surface area contributed by atoms with Crippen LogP contribution in [0.3, 0.4) is 0 Å². The zero-order valence-electron chi connectivity index (χ0n) is 13.3. The molecule has 0 spiro atoms. The van der Waals surface area contributed by atoms with Gasteiger partial charge in [0.2, 0.25) is 0 Å². The van der Waals surface area contributed by atoms with E-state index in [0.29, 0.717) is 6.54 Å². The lowest BCUT2D eigenvalue weighted by Gasteiger charge is -2.34. The Bertz CT molecular complexity index is 667. The van der Waals surface area contributed by atoms with Crippen LogP contribution in [0.4, 0.5) is 8.78 Å². The Morgan fingerprint density at radius 2 is 1.65 bits per heavy atom. The van der Waals surface area contributed by atoms with Crippen LogP contribution in [0, 0.1) is 18.6 Å². The number of aromatic nitrogens is 1. The van der Waals surface area contributed by atoms with Gasteiger partial charge in [-0.15, -0.1) is 0 Å². The van der Waals surface area contributed by atoms with Gasteiger partial charge in [0.25, 0.3) is 0 Å². The molecule has 0 bridgehead atoms. The van der Waals surface area contributed by atoms with Gasteiger partial charge in [-0.3, -0.25) is 14.8 Å². The molecule has 23 heavy (non-hydrogen) atoms. The first kappa shape index (κ1) is 16.0. The fraction of sp³-hybridized carbons (Fsp3) is 0.389. The maximum Gasteiger partial charge on any atom is 0.159 e. The van der Waals surface area contributed by atoms with Gasteiger partial charge < -0.3 is 0 Å². The average molecular weight is 317 g/mol. The van der Waals surface area contributed by atoms with E-state index < -0.39 is 11.6 Å². The van der Waals surface area contributed by atoms with Crippen molar-refractivity contribution in [1.29, 1.82) is 0 Å². The second-order valence-electron chi connectivity index (χ2n) is 6.07. The van der Waals surface area contributed by atoms with Crippen molar-refractivity contribution in [3.63, 3.8) is 0 Å². The molecule has 122 valence electrons. The number of piperazine rings is 1. The first-order chi connectivity index (χ1) is 11.1. The quantitative estimate of drug-likeness (QED) is 0.864. The van der Waals surface area contributed by atoms with Gasteiger partial charge in [-0.1, -0.05) is 12.1 Å². The standard InChI is InChI=1S/C18H21F2N3/c1-14-3-2-6-21-18(14)13-23-9-7-22(8-10-23)12-15-4-5-16(19)17(20)11-15/h2-6,11H,7-10,12-13H2,1H3. The summed E-state index contributed by atoms with van der Waals surface area (Å²) in [6, 6.07) is 8.19. The van der Waals surface area contributed by atoms with E-state index in [1.807, 2.05) is 12.3 Å². The van der Waals surface area contributed by atoms with Gasteiger partial charge in [0.15, 0.2) is 11.6 Å². The third-order valence-electron chi connectivity index (χ3n) is 4.35. The van der Waals surface area contributed by atoms with Gasteiger partial charge >= 0.3 is 0 Å². The van der Waals surface area contributed by atoms with Gasteiger partial charge in [-0.2, -0.15) is 0 Å². The minimum atomic E-state index is -0.788. The maximum atomic E-state index is 13.3.